The molecule has 0 saturated heterocycles. The molecule has 0 radical (unpaired) electrons. The standard InChI is InChI=1S/C15H27N3O/c1-6-7-10(2)13(18-16)8-14-12(4)15(19-5)11(3)9-17-14/h9-10,13,18H,6-8,16H2,1-5H3. The van der Waals surface area contributed by atoms with Crippen molar-refractivity contribution >= 4 is 0 Å². The molecule has 19 heavy (non-hydrogen) atoms. The summed E-state index contributed by atoms with van der Waals surface area (Å²) >= 11 is 0. The van der Waals surface area contributed by atoms with Crippen LogP contribution < -0.4 is 16.0 Å². The van der Waals surface area contributed by atoms with Gasteiger partial charge >= 0.3 is 0 Å². The second kappa shape index (κ2) is 7.46. The molecular formula is C15H27N3O. The third-order valence-electron chi connectivity index (χ3n) is 3.81. The number of hydrogen-bond donors (Lipinski definition) is 2. The van der Waals surface area contributed by atoms with Crippen LogP contribution in [0, 0.1) is 19.8 Å². The van der Waals surface area contributed by atoms with E-state index in [9.17, 15) is 0 Å². The molecule has 0 amide bonds. The minimum atomic E-state index is 0.249. The summed E-state index contributed by atoms with van der Waals surface area (Å²) in [6.07, 6.45) is 5.04. The third-order valence-corrected chi connectivity index (χ3v) is 3.81. The van der Waals surface area contributed by atoms with Gasteiger partial charge in [-0.2, -0.15) is 0 Å². The van der Waals surface area contributed by atoms with Crippen LogP contribution in [0.3, 0.4) is 0 Å². The minimum Gasteiger partial charge on any atom is -0.496 e. The minimum absolute atomic E-state index is 0.249. The number of aromatic nitrogens is 1. The second-order valence-corrected chi connectivity index (χ2v) is 5.29. The van der Waals surface area contributed by atoms with E-state index in [4.69, 9.17) is 10.6 Å². The first kappa shape index (κ1) is 15.9. The van der Waals surface area contributed by atoms with Crippen molar-refractivity contribution in [1.82, 2.24) is 10.4 Å². The first-order valence-electron chi connectivity index (χ1n) is 7.00. The largest absolute Gasteiger partial charge is 0.496 e. The van der Waals surface area contributed by atoms with Gasteiger partial charge in [-0.1, -0.05) is 20.3 Å². The van der Waals surface area contributed by atoms with Gasteiger partial charge in [-0.15, -0.1) is 0 Å². The number of nitrogens with one attached hydrogen (secondary N) is 1. The maximum atomic E-state index is 5.69. The van der Waals surface area contributed by atoms with E-state index in [2.05, 4.69) is 31.2 Å². The van der Waals surface area contributed by atoms with Crippen LogP contribution in [-0.2, 0) is 6.42 Å². The van der Waals surface area contributed by atoms with E-state index >= 15 is 0 Å². The molecule has 0 fully saturated rings. The summed E-state index contributed by atoms with van der Waals surface area (Å²) < 4.78 is 5.45. The van der Waals surface area contributed by atoms with Crippen molar-refractivity contribution in [1.29, 1.82) is 0 Å². The van der Waals surface area contributed by atoms with Crippen molar-refractivity contribution in [3.63, 3.8) is 0 Å². The molecule has 2 unspecified atom stereocenters. The molecule has 2 atom stereocenters. The average molecular weight is 265 g/mol. The average Bonchev–Trinajstić information content (AvgIpc) is 2.39. The lowest BCUT2D eigenvalue weighted by atomic mass is 9.92. The second-order valence-electron chi connectivity index (χ2n) is 5.29. The fourth-order valence-electron chi connectivity index (χ4n) is 2.57. The van der Waals surface area contributed by atoms with Crippen molar-refractivity contribution in [3.05, 3.63) is 23.0 Å². The summed E-state index contributed by atoms with van der Waals surface area (Å²) in [5.74, 6) is 7.16. The zero-order valence-electron chi connectivity index (χ0n) is 12.8. The van der Waals surface area contributed by atoms with Gasteiger partial charge in [0.25, 0.3) is 0 Å². The summed E-state index contributed by atoms with van der Waals surface area (Å²) in [7, 11) is 1.71. The molecule has 0 aliphatic rings. The Morgan fingerprint density at radius 1 is 1.42 bits per heavy atom. The highest BCUT2D eigenvalue weighted by Gasteiger charge is 2.19. The van der Waals surface area contributed by atoms with E-state index in [0.717, 1.165) is 35.4 Å². The normalized spacial score (nSPS) is 14.2. The van der Waals surface area contributed by atoms with Crippen LogP contribution in [0.25, 0.3) is 0 Å². The smallest absolute Gasteiger partial charge is 0.128 e. The summed E-state index contributed by atoms with van der Waals surface area (Å²) in [5, 5.41) is 0. The van der Waals surface area contributed by atoms with Gasteiger partial charge in [0.1, 0.15) is 5.75 Å². The molecular weight excluding hydrogens is 238 g/mol. The van der Waals surface area contributed by atoms with E-state index in [0.29, 0.717) is 5.92 Å². The van der Waals surface area contributed by atoms with Crippen LogP contribution in [0.5, 0.6) is 5.75 Å². The first-order chi connectivity index (χ1) is 9.04. The Morgan fingerprint density at radius 2 is 2.11 bits per heavy atom. The zero-order chi connectivity index (χ0) is 14.4. The highest BCUT2D eigenvalue weighted by Crippen LogP contribution is 2.25. The van der Waals surface area contributed by atoms with E-state index in [1.54, 1.807) is 7.11 Å². The molecule has 1 heterocycles. The molecule has 1 rings (SSSR count). The number of rotatable bonds is 7. The Bertz CT molecular complexity index is 407. The van der Waals surface area contributed by atoms with Crippen molar-refractivity contribution in [3.8, 4) is 5.75 Å². The van der Waals surface area contributed by atoms with E-state index in [1.165, 1.54) is 6.42 Å². The van der Waals surface area contributed by atoms with Gasteiger partial charge in [-0.25, -0.2) is 0 Å². The third kappa shape index (κ3) is 3.91. The predicted octanol–water partition coefficient (Wildman–Crippen LogP) is 2.52. The maximum absolute atomic E-state index is 5.69. The van der Waals surface area contributed by atoms with Crippen LogP contribution in [0.4, 0.5) is 0 Å². The van der Waals surface area contributed by atoms with Crippen LogP contribution in [0.15, 0.2) is 6.20 Å². The number of ether oxygens (including phenoxy) is 1. The molecule has 0 bridgehead atoms. The van der Waals surface area contributed by atoms with E-state index in [1.807, 2.05) is 13.1 Å². The number of pyridine rings is 1. The molecule has 4 heteroatoms. The van der Waals surface area contributed by atoms with Crippen molar-refractivity contribution in [2.24, 2.45) is 11.8 Å². The van der Waals surface area contributed by atoms with Crippen molar-refractivity contribution in [2.45, 2.75) is 53.0 Å². The molecule has 0 saturated carbocycles. The van der Waals surface area contributed by atoms with Crippen molar-refractivity contribution < 1.29 is 4.74 Å². The van der Waals surface area contributed by atoms with Gasteiger partial charge in [-0.05, 0) is 26.2 Å². The van der Waals surface area contributed by atoms with Crippen molar-refractivity contribution in [2.75, 3.05) is 7.11 Å². The number of nitrogens with zero attached hydrogens (tertiary/aromatic N) is 1. The molecule has 1 aromatic rings. The van der Waals surface area contributed by atoms with Gasteiger partial charge in [-0.3, -0.25) is 16.3 Å². The van der Waals surface area contributed by atoms with Gasteiger partial charge in [0.2, 0.25) is 0 Å². The number of nitrogens with two attached hydrogens (primary N) is 1. The summed E-state index contributed by atoms with van der Waals surface area (Å²) in [6.45, 7) is 8.50. The predicted molar refractivity (Wildman–Crippen MR) is 79.2 cm³/mol. The fourth-order valence-corrected chi connectivity index (χ4v) is 2.57. The Morgan fingerprint density at radius 3 is 2.63 bits per heavy atom. The fraction of sp³-hybridized carbons (Fsp3) is 0.667. The number of hydrogen-bond acceptors (Lipinski definition) is 4. The lowest BCUT2D eigenvalue weighted by Crippen LogP contribution is -2.41. The molecule has 0 aliphatic heterocycles. The highest BCUT2D eigenvalue weighted by molar-refractivity contribution is 5.41. The van der Waals surface area contributed by atoms with Crippen LogP contribution in [0.2, 0.25) is 0 Å². The Balaban J connectivity index is 2.91. The Hall–Kier alpha value is -1.13. The van der Waals surface area contributed by atoms with Crippen LogP contribution in [-0.4, -0.2) is 18.1 Å². The zero-order valence-corrected chi connectivity index (χ0v) is 12.8. The van der Waals surface area contributed by atoms with E-state index in [-0.39, 0.29) is 6.04 Å². The van der Waals surface area contributed by atoms with Gasteiger partial charge in [0, 0.05) is 35.5 Å². The van der Waals surface area contributed by atoms with Crippen LogP contribution in [0.1, 0.15) is 43.5 Å². The molecule has 0 aliphatic carbocycles. The lowest BCUT2D eigenvalue weighted by molar-refractivity contribution is 0.352. The monoisotopic (exact) mass is 265 g/mol. The van der Waals surface area contributed by atoms with Crippen LogP contribution >= 0.6 is 0 Å². The summed E-state index contributed by atoms with van der Waals surface area (Å²) in [6, 6.07) is 0.249. The molecule has 3 N–H and O–H groups in total. The Kier molecular flexibility index (Phi) is 6.25. The topological polar surface area (TPSA) is 60.2 Å². The van der Waals surface area contributed by atoms with E-state index < -0.39 is 0 Å². The van der Waals surface area contributed by atoms with Gasteiger partial charge in [0.05, 0.1) is 7.11 Å². The highest BCUT2D eigenvalue weighted by atomic mass is 16.5. The quantitative estimate of drug-likeness (QED) is 0.587. The molecule has 1 aromatic heterocycles. The summed E-state index contributed by atoms with van der Waals surface area (Å²) in [5.41, 5.74) is 6.19. The number of hydrazine groups is 1. The number of aryl methyl sites for hydroxylation is 1. The number of methoxy groups -OCH3 is 1. The summed E-state index contributed by atoms with van der Waals surface area (Å²) in [4.78, 5) is 4.54. The maximum Gasteiger partial charge on any atom is 0.128 e. The molecule has 108 valence electrons. The molecule has 0 spiro atoms. The SMILES string of the molecule is CCCC(C)C(Cc1ncc(C)c(OC)c1C)NN. The first-order valence-corrected chi connectivity index (χ1v) is 7.00. The lowest BCUT2D eigenvalue weighted by Gasteiger charge is -2.23. The van der Waals surface area contributed by atoms with Gasteiger partial charge in [0.15, 0.2) is 0 Å². The van der Waals surface area contributed by atoms with Gasteiger partial charge < -0.3 is 4.74 Å². The molecule has 4 nitrogen and oxygen atoms in total. The molecule has 0 aromatic carbocycles. The Labute approximate surface area is 116 Å².